The molecule has 250 valence electrons. The van der Waals surface area contributed by atoms with Gasteiger partial charge in [0.05, 0.1) is 37.8 Å². The van der Waals surface area contributed by atoms with Crippen LogP contribution in [0.25, 0.3) is 21.5 Å². The smallest absolute Gasteiger partial charge is 0.228 e. The molecule has 0 saturated carbocycles. The Kier molecular flexibility index (Phi) is 10.3. The van der Waals surface area contributed by atoms with Crippen molar-refractivity contribution in [3.05, 3.63) is 78.4 Å². The molecule has 1 spiro atoms. The molecule has 4 aromatic carbocycles. The van der Waals surface area contributed by atoms with Crippen LogP contribution in [-0.2, 0) is 5.41 Å². The summed E-state index contributed by atoms with van der Waals surface area (Å²) < 4.78 is 8.67. The molecule has 0 amide bonds. The molecule has 0 N–H and O–H groups in total. The minimum Gasteiger partial charge on any atom is -0.459 e. The van der Waals surface area contributed by atoms with E-state index in [-0.39, 0.29) is 5.41 Å². The molecular formula is C43H58N3O+. The van der Waals surface area contributed by atoms with Crippen molar-refractivity contribution < 1.29 is 9.22 Å². The van der Waals surface area contributed by atoms with Crippen LogP contribution in [0.2, 0.25) is 0 Å². The molecule has 4 heteroatoms. The molecule has 0 aliphatic carbocycles. The van der Waals surface area contributed by atoms with Crippen molar-refractivity contribution >= 4 is 39.1 Å². The lowest BCUT2D eigenvalue weighted by atomic mass is 9.77. The summed E-state index contributed by atoms with van der Waals surface area (Å²) in [6.07, 6.45) is 15.5. The maximum absolute atomic E-state index is 7.38. The number of hydrogen-bond donors (Lipinski definition) is 0. The molecule has 2 aliphatic heterocycles. The topological polar surface area (TPSA) is 24.8 Å². The van der Waals surface area contributed by atoms with Crippen molar-refractivity contribution in [3.8, 4) is 5.75 Å². The molecular weight excluding hydrogens is 574 g/mol. The zero-order valence-corrected chi connectivity index (χ0v) is 29.9. The van der Waals surface area contributed by atoms with Gasteiger partial charge in [0, 0.05) is 23.0 Å². The third-order valence-electron chi connectivity index (χ3n) is 11.9. The number of anilines is 1. The molecule has 0 aromatic heterocycles. The van der Waals surface area contributed by atoms with Gasteiger partial charge >= 0.3 is 0 Å². The van der Waals surface area contributed by atoms with Gasteiger partial charge in [0.15, 0.2) is 5.75 Å². The number of ether oxygens (including phenoxy) is 1. The van der Waals surface area contributed by atoms with E-state index in [1.807, 2.05) is 0 Å². The van der Waals surface area contributed by atoms with Crippen LogP contribution in [0, 0.1) is 0 Å². The maximum atomic E-state index is 7.38. The second-order valence-electron chi connectivity index (χ2n) is 14.7. The lowest BCUT2D eigenvalue weighted by molar-refractivity contribution is -0.923. The minimum atomic E-state index is -0.682. The van der Waals surface area contributed by atoms with Crippen LogP contribution in [0.15, 0.2) is 77.8 Å². The first-order valence-electron chi connectivity index (χ1n) is 18.8. The number of benzene rings is 4. The van der Waals surface area contributed by atoms with Crippen LogP contribution >= 0.6 is 0 Å². The summed E-state index contributed by atoms with van der Waals surface area (Å²) in [4.78, 5) is 7.80. The molecule has 0 radical (unpaired) electrons. The molecule has 47 heavy (non-hydrogen) atoms. The zero-order valence-electron chi connectivity index (χ0n) is 29.9. The number of fused-ring (bicyclic) bond motifs is 7. The van der Waals surface area contributed by atoms with Crippen LogP contribution in [0.5, 0.6) is 5.75 Å². The largest absolute Gasteiger partial charge is 0.459 e. The highest BCUT2D eigenvalue weighted by Gasteiger charge is 2.59. The second kappa shape index (κ2) is 14.4. The average molecular weight is 633 g/mol. The fourth-order valence-corrected chi connectivity index (χ4v) is 8.58. The number of unbranched alkanes of at least 4 members (excludes halogenated alkanes) is 9. The van der Waals surface area contributed by atoms with Crippen molar-refractivity contribution in [2.24, 2.45) is 4.99 Å². The normalized spacial score (nSPS) is 18.2. The summed E-state index contributed by atoms with van der Waals surface area (Å²) in [7, 11) is 0. The van der Waals surface area contributed by atoms with Gasteiger partial charge in [0.1, 0.15) is 5.69 Å². The Hall–Kier alpha value is -3.37. The van der Waals surface area contributed by atoms with Crippen LogP contribution < -0.4 is 9.64 Å². The van der Waals surface area contributed by atoms with E-state index in [9.17, 15) is 0 Å². The predicted molar refractivity (Wildman–Crippen MR) is 203 cm³/mol. The maximum Gasteiger partial charge on any atom is 0.228 e. The van der Waals surface area contributed by atoms with Crippen LogP contribution in [-0.4, -0.2) is 49.1 Å². The molecule has 2 aliphatic rings. The minimum absolute atomic E-state index is 0.276. The summed E-state index contributed by atoms with van der Waals surface area (Å²) in [5, 5.41) is 4.74. The molecule has 4 aromatic rings. The van der Waals surface area contributed by atoms with E-state index in [2.05, 4.69) is 119 Å². The molecule has 1 unspecified atom stereocenters. The number of aliphatic imine (C=N–C) groups is 1. The van der Waals surface area contributed by atoms with Gasteiger partial charge in [-0.25, -0.2) is 0 Å². The van der Waals surface area contributed by atoms with Gasteiger partial charge in [-0.1, -0.05) is 112 Å². The number of nitrogens with zero attached hydrogens (tertiary/aromatic N) is 3. The molecule has 0 saturated heterocycles. The van der Waals surface area contributed by atoms with Gasteiger partial charge in [-0.3, -0.25) is 4.99 Å². The summed E-state index contributed by atoms with van der Waals surface area (Å²) in [6, 6.07) is 26.2. The Morgan fingerprint density at radius 2 is 1.13 bits per heavy atom. The van der Waals surface area contributed by atoms with E-state index in [0.29, 0.717) is 0 Å². The van der Waals surface area contributed by atoms with Gasteiger partial charge in [-0.15, -0.1) is 0 Å². The first-order chi connectivity index (χ1) is 22.9. The van der Waals surface area contributed by atoms with Gasteiger partial charge in [-0.05, 0) is 76.3 Å². The zero-order chi connectivity index (χ0) is 32.9. The highest BCUT2D eigenvalue weighted by molar-refractivity contribution is 6.17. The number of quaternary nitrogens is 1. The van der Waals surface area contributed by atoms with Crippen molar-refractivity contribution in [2.45, 2.75) is 110 Å². The lowest BCUT2D eigenvalue weighted by Crippen LogP contribution is -2.62. The standard InChI is InChI=1S/C43H58N3O/c1-6-46(7-2,8-3)32-24-16-14-12-10-9-11-13-15-23-31-45-39-30-22-21-29-38(39)42(4,5)43(45)33-44-40-36-27-19-17-25-34(36)35-26-18-20-28-37(35)41(40)47-43/h17-22,25-30,33H,6-16,23-24,31-32H2,1-5H3/q+1. The first kappa shape index (κ1) is 33.5. The van der Waals surface area contributed by atoms with Crippen molar-refractivity contribution in [1.82, 2.24) is 0 Å². The molecule has 0 fully saturated rings. The van der Waals surface area contributed by atoms with E-state index in [1.165, 1.54) is 110 Å². The van der Waals surface area contributed by atoms with E-state index in [4.69, 9.17) is 9.73 Å². The number of hydrogen-bond acceptors (Lipinski definition) is 3. The van der Waals surface area contributed by atoms with Crippen molar-refractivity contribution in [1.29, 1.82) is 0 Å². The van der Waals surface area contributed by atoms with Gasteiger partial charge in [0.2, 0.25) is 5.72 Å². The Labute approximate surface area is 284 Å². The van der Waals surface area contributed by atoms with E-state index in [1.54, 1.807) is 0 Å². The molecule has 6 rings (SSSR count). The SMILES string of the molecule is CC[N+](CC)(CC)CCCCCCCCCCCCN1c2ccccc2C(C)(C)C12C=Nc1c(c3ccccc3c3ccccc13)O2. The quantitative estimate of drug-likeness (QED) is 0.0697. The first-order valence-corrected chi connectivity index (χ1v) is 18.8. The summed E-state index contributed by atoms with van der Waals surface area (Å²) in [6.45, 7) is 17.9. The predicted octanol–water partition coefficient (Wildman–Crippen LogP) is 11.4. The average Bonchev–Trinajstić information content (AvgIpc) is 3.29. The Morgan fingerprint density at radius 3 is 1.77 bits per heavy atom. The Bertz CT molecular complexity index is 1680. The Morgan fingerprint density at radius 1 is 0.617 bits per heavy atom. The fourth-order valence-electron chi connectivity index (χ4n) is 8.58. The number of para-hydroxylation sites is 1. The van der Waals surface area contributed by atoms with Gasteiger partial charge < -0.3 is 14.1 Å². The van der Waals surface area contributed by atoms with Crippen molar-refractivity contribution in [2.75, 3.05) is 37.6 Å². The van der Waals surface area contributed by atoms with Crippen LogP contribution in [0.3, 0.4) is 0 Å². The van der Waals surface area contributed by atoms with Crippen LogP contribution in [0.1, 0.15) is 104 Å². The van der Waals surface area contributed by atoms with Crippen LogP contribution in [0.4, 0.5) is 11.4 Å². The molecule has 1 atom stereocenters. The summed E-state index contributed by atoms with van der Waals surface area (Å²) in [5.74, 6) is 0.909. The highest BCUT2D eigenvalue weighted by atomic mass is 16.5. The van der Waals surface area contributed by atoms with E-state index >= 15 is 0 Å². The number of rotatable bonds is 16. The summed E-state index contributed by atoms with van der Waals surface area (Å²) in [5.41, 5.74) is 2.61. The third-order valence-corrected chi connectivity index (χ3v) is 11.9. The molecule has 0 bridgehead atoms. The Balaban J connectivity index is 1.08. The third kappa shape index (κ3) is 6.19. The van der Waals surface area contributed by atoms with Gasteiger partial charge in [0.25, 0.3) is 0 Å². The highest BCUT2D eigenvalue weighted by Crippen LogP contribution is 2.56. The summed E-state index contributed by atoms with van der Waals surface area (Å²) >= 11 is 0. The van der Waals surface area contributed by atoms with E-state index in [0.717, 1.165) is 35.2 Å². The van der Waals surface area contributed by atoms with Gasteiger partial charge in [-0.2, -0.15) is 0 Å². The monoisotopic (exact) mass is 632 g/mol. The van der Waals surface area contributed by atoms with Crippen molar-refractivity contribution in [3.63, 3.8) is 0 Å². The molecule has 4 nitrogen and oxygen atoms in total. The molecule has 2 heterocycles. The second-order valence-corrected chi connectivity index (χ2v) is 14.7. The fraction of sp³-hybridized carbons (Fsp3) is 0.512. The van der Waals surface area contributed by atoms with E-state index < -0.39 is 5.72 Å². The lowest BCUT2D eigenvalue weighted by Gasteiger charge is -2.46.